The topological polar surface area (TPSA) is 52.6 Å². The monoisotopic (exact) mass is 278 g/mol. The third-order valence-corrected chi connectivity index (χ3v) is 3.49. The summed E-state index contributed by atoms with van der Waals surface area (Å²) >= 11 is 0. The first-order valence-electron chi connectivity index (χ1n) is 7.27. The van der Waals surface area contributed by atoms with Gasteiger partial charge < -0.3 is 15.3 Å². The maximum atomic E-state index is 12.0. The number of carbonyl (C=O) groups is 1. The van der Waals surface area contributed by atoms with E-state index in [9.17, 15) is 4.79 Å². The van der Waals surface area contributed by atoms with Crippen LogP contribution in [0.1, 0.15) is 30.9 Å². The van der Waals surface area contributed by atoms with E-state index in [1.54, 1.807) is 0 Å². The van der Waals surface area contributed by atoms with E-state index in [2.05, 4.69) is 17.1 Å². The summed E-state index contributed by atoms with van der Waals surface area (Å²) in [7, 11) is 0. The van der Waals surface area contributed by atoms with Crippen molar-refractivity contribution in [2.45, 2.75) is 33.6 Å². The van der Waals surface area contributed by atoms with Crippen LogP contribution in [-0.2, 0) is 4.79 Å². The summed E-state index contributed by atoms with van der Waals surface area (Å²) in [6.07, 6.45) is 1.32. The SMILES string of the molecule is CCN(CCO)CCCC(=O)Nc1c(C)cccc1C. The average molecular weight is 278 g/mol. The number of hydrogen-bond donors (Lipinski definition) is 2. The number of nitrogens with one attached hydrogen (secondary N) is 1. The van der Waals surface area contributed by atoms with Crippen molar-refractivity contribution in [1.82, 2.24) is 4.90 Å². The van der Waals surface area contributed by atoms with Gasteiger partial charge in [-0.2, -0.15) is 0 Å². The summed E-state index contributed by atoms with van der Waals surface area (Å²) in [6, 6.07) is 6.00. The van der Waals surface area contributed by atoms with Crippen molar-refractivity contribution < 1.29 is 9.90 Å². The molecule has 0 aliphatic carbocycles. The Bertz CT molecular complexity index is 412. The maximum absolute atomic E-state index is 12.0. The van der Waals surface area contributed by atoms with E-state index >= 15 is 0 Å². The summed E-state index contributed by atoms with van der Waals surface area (Å²) in [5.41, 5.74) is 3.11. The molecule has 0 aliphatic heterocycles. The van der Waals surface area contributed by atoms with Crippen LogP contribution in [-0.4, -0.2) is 42.2 Å². The van der Waals surface area contributed by atoms with Crippen molar-refractivity contribution in [2.75, 3.05) is 31.6 Å². The van der Waals surface area contributed by atoms with Crippen LogP contribution in [0.3, 0.4) is 0 Å². The van der Waals surface area contributed by atoms with E-state index < -0.39 is 0 Å². The fourth-order valence-corrected chi connectivity index (χ4v) is 2.25. The van der Waals surface area contributed by atoms with Gasteiger partial charge >= 0.3 is 0 Å². The van der Waals surface area contributed by atoms with Crippen molar-refractivity contribution >= 4 is 11.6 Å². The minimum atomic E-state index is 0.0578. The van der Waals surface area contributed by atoms with Gasteiger partial charge in [0.1, 0.15) is 0 Å². The fourth-order valence-electron chi connectivity index (χ4n) is 2.25. The van der Waals surface area contributed by atoms with Crippen LogP contribution >= 0.6 is 0 Å². The molecule has 1 aromatic carbocycles. The minimum Gasteiger partial charge on any atom is -0.395 e. The number of rotatable bonds is 8. The van der Waals surface area contributed by atoms with E-state index in [1.807, 2.05) is 32.0 Å². The number of anilines is 1. The van der Waals surface area contributed by atoms with Crippen molar-refractivity contribution in [1.29, 1.82) is 0 Å². The van der Waals surface area contributed by atoms with Gasteiger partial charge in [0.15, 0.2) is 0 Å². The lowest BCUT2D eigenvalue weighted by Crippen LogP contribution is -2.28. The molecule has 112 valence electrons. The Morgan fingerprint density at radius 2 is 1.90 bits per heavy atom. The van der Waals surface area contributed by atoms with Crippen LogP contribution in [0, 0.1) is 13.8 Å². The van der Waals surface area contributed by atoms with Gasteiger partial charge in [0, 0.05) is 18.7 Å². The fraction of sp³-hybridized carbons (Fsp3) is 0.562. The van der Waals surface area contributed by atoms with E-state index in [1.165, 1.54) is 0 Å². The largest absolute Gasteiger partial charge is 0.395 e. The standard InChI is InChI=1S/C16H26N2O2/c1-4-18(11-12-19)10-6-9-15(20)17-16-13(2)7-5-8-14(16)3/h5,7-8,19H,4,6,9-12H2,1-3H3,(H,17,20). The highest BCUT2D eigenvalue weighted by Crippen LogP contribution is 2.19. The van der Waals surface area contributed by atoms with E-state index in [0.717, 1.165) is 36.3 Å². The molecule has 2 N–H and O–H groups in total. The van der Waals surface area contributed by atoms with Gasteiger partial charge in [-0.1, -0.05) is 25.1 Å². The third kappa shape index (κ3) is 5.31. The van der Waals surface area contributed by atoms with Gasteiger partial charge in [0.2, 0.25) is 5.91 Å². The van der Waals surface area contributed by atoms with Crippen LogP contribution in [0.15, 0.2) is 18.2 Å². The smallest absolute Gasteiger partial charge is 0.224 e. The summed E-state index contributed by atoms with van der Waals surface area (Å²) in [5, 5.41) is 11.9. The van der Waals surface area contributed by atoms with Gasteiger partial charge in [-0.15, -0.1) is 0 Å². The van der Waals surface area contributed by atoms with Gasteiger partial charge in [-0.3, -0.25) is 4.79 Å². The predicted octanol–water partition coefficient (Wildman–Crippen LogP) is 2.34. The number of para-hydroxylation sites is 1. The lowest BCUT2D eigenvalue weighted by Gasteiger charge is -2.18. The number of hydrogen-bond acceptors (Lipinski definition) is 3. The van der Waals surface area contributed by atoms with Crippen LogP contribution in [0.5, 0.6) is 0 Å². The Morgan fingerprint density at radius 1 is 1.25 bits per heavy atom. The third-order valence-electron chi connectivity index (χ3n) is 3.49. The highest BCUT2D eigenvalue weighted by Gasteiger charge is 2.08. The molecule has 0 radical (unpaired) electrons. The van der Waals surface area contributed by atoms with Crippen LogP contribution < -0.4 is 5.32 Å². The number of carbonyl (C=O) groups excluding carboxylic acids is 1. The second-order valence-electron chi connectivity index (χ2n) is 5.08. The summed E-state index contributed by atoms with van der Waals surface area (Å²) in [6.45, 7) is 8.66. The number of aliphatic hydroxyl groups is 1. The van der Waals surface area contributed by atoms with Crippen LogP contribution in [0.25, 0.3) is 0 Å². The van der Waals surface area contributed by atoms with E-state index in [-0.39, 0.29) is 12.5 Å². The molecule has 0 aromatic heterocycles. The van der Waals surface area contributed by atoms with Gasteiger partial charge in [-0.05, 0) is 44.5 Å². The molecule has 0 heterocycles. The highest BCUT2D eigenvalue weighted by atomic mass is 16.3. The molecule has 0 saturated carbocycles. The number of amides is 1. The number of benzene rings is 1. The molecule has 0 aliphatic rings. The van der Waals surface area contributed by atoms with Crippen molar-refractivity contribution in [3.8, 4) is 0 Å². The first kappa shape index (κ1) is 16.7. The Hall–Kier alpha value is -1.39. The molecule has 1 aromatic rings. The Labute approximate surface area is 121 Å². The second-order valence-corrected chi connectivity index (χ2v) is 5.08. The molecule has 0 spiro atoms. The second kappa shape index (κ2) is 8.72. The van der Waals surface area contributed by atoms with Gasteiger partial charge in [-0.25, -0.2) is 0 Å². The lowest BCUT2D eigenvalue weighted by atomic mass is 10.1. The molecule has 1 amide bonds. The Balaban J connectivity index is 2.41. The van der Waals surface area contributed by atoms with Crippen molar-refractivity contribution in [3.05, 3.63) is 29.3 Å². The molecule has 0 atom stereocenters. The molecule has 0 saturated heterocycles. The minimum absolute atomic E-state index is 0.0578. The zero-order valence-corrected chi connectivity index (χ0v) is 12.8. The Morgan fingerprint density at radius 3 is 2.45 bits per heavy atom. The normalized spacial score (nSPS) is 10.8. The summed E-state index contributed by atoms with van der Waals surface area (Å²) in [5.74, 6) is 0.0578. The molecule has 1 rings (SSSR count). The van der Waals surface area contributed by atoms with Crippen LogP contribution in [0.2, 0.25) is 0 Å². The summed E-state index contributed by atoms with van der Waals surface area (Å²) in [4.78, 5) is 14.1. The molecular weight excluding hydrogens is 252 g/mol. The zero-order chi connectivity index (χ0) is 15.0. The first-order chi connectivity index (χ1) is 9.58. The number of likely N-dealkylation sites (N-methyl/N-ethyl adjacent to an activating group) is 1. The zero-order valence-electron chi connectivity index (χ0n) is 12.8. The number of aryl methyl sites for hydroxylation is 2. The highest BCUT2D eigenvalue weighted by molar-refractivity contribution is 5.92. The van der Waals surface area contributed by atoms with Gasteiger partial charge in [0.05, 0.1) is 6.61 Å². The molecule has 4 nitrogen and oxygen atoms in total. The maximum Gasteiger partial charge on any atom is 0.224 e. The van der Waals surface area contributed by atoms with Crippen LogP contribution in [0.4, 0.5) is 5.69 Å². The predicted molar refractivity (Wildman–Crippen MR) is 83.0 cm³/mol. The quantitative estimate of drug-likeness (QED) is 0.767. The molecule has 4 heteroatoms. The molecule has 0 fully saturated rings. The number of aliphatic hydroxyl groups excluding tert-OH is 1. The first-order valence-corrected chi connectivity index (χ1v) is 7.27. The molecule has 0 bridgehead atoms. The van der Waals surface area contributed by atoms with E-state index in [0.29, 0.717) is 13.0 Å². The lowest BCUT2D eigenvalue weighted by molar-refractivity contribution is -0.116. The van der Waals surface area contributed by atoms with Crippen molar-refractivity contribution in [2.24, 2.45) is 0 Å². The Kier molecular flexibility index (Phi) is 7.26. The number of nitrogens with zero attached hydrogens (tertiary/aromatic N) is 1. The molecular formula is C16H26N2O2. The molecule has 20 heavy (non-hydrogen) atoms. The van der Waals surface area contributed by atoms with Crippen molar-refractivity contribution in [3.63, 3.8) is 0 Å². The molecule has 0 unspecified atom stereocenters. The van der Waals surface area contributed by atoms with Gasteiger partial charge in [0.25, 0.3) is 0 Å². The van der Waals surface area contributed by atoms with E-state index in [4.69, 9.17) is 5.11 Å². The summed E-state index contributed by atoms with van der Waals surface area (Å²) < 4.78 is 0. The average Bonchev–Trinajstić information content (AvgIpc) is 2.42.